The summed E-state index contributed by atoms with van der Waals surface area (Å²) in [5.41, 5.74) is 2.50. The number of allylic oxidation sites excluding steroid dienone is 1. The van der Waals surface area contributed by atoms with Crippen molar-refractivity contribution in [2.45, 2.75) is 38.6 Å². The third-order valence-electron chi connectivity index (χ3n) is 4.06. The fourth-order valence-electron chi connectivity index (χ4n) is 2.73. The van der Waals surface area contributed by atoms with Gasteiger partial charge in [0.1, 0.15) is 5.82 Å². The molecule has 24 heavy (non-hydrogen) atoms. The highest BCUT2D eigenvalue weighted by Crippen LogP contribution is 2.19. The lowest BCUT2D eigenvalue weighted by atomic mass is 9.97. The van der Waals surface area contributed by atoms with Crippen LogP contribution >= 0.6 is 0 Å². The molecule has 0 spiro atoms. The summed E-state index contributed by atoms with van der Waals surface area (Å²) < 4.78 is 12.9. The summed E-state index contributed by atoms with van der Waals surface area (Å²) in [5, 5.41) is 14.4. The van der Waals surface area contributed by atoms with Crippen molar-refractivity contribution in [2.75, 3.05) is 17.2 Å². The summed E-state index contributed by atoms with van der Waals surface area (Å²) in [5.74, 6) is 0.936. The Labute approximate surface area is 141 Å². The zero-order valence-corrected chi connectivity index (χ0v) is 13.6. The van der Waals surface area contributed by atoms with Crippen LogP contribution in [0.5, 0.6) is 0 Å². The zero-order chi connectivity index (χ0) is 16.6. The standard InChI is InChI=1S/C18H22FN5/c19-16-8-6-15(7-9-16)12-21-17-13-22-24-18(23-17)20-11-10-14-4-2-1-3-5-14/h4,6-9,13H,1-3,5,10-12H2,(H2,20,21,23,24). The first-order valence-electron chi connectivity index (χ1n) is 8.39. The maximum Gasteiger partial charge on any atom is 0.244 e. The van der Waals surface area contributed by atoms with Crippen LogP contribution in [0.15, 0.2) is 42.1 Å². The van der Waals surface area contributed by atoms with E-state index in [1.165, 1.54) is 43.4 Å². The molecule has 1 aromatic heterocycles. The first-order chi connectivity index (χ1) is 11.8. The Balaban J connectivity index is 1.48. The first kappa shape index (κ1) is 16.4. The molecule has 3 rings (SSSR count). The highest BCUT2D eigenvalue weighted by atomic mass is 19.1. The Morgan fingerprint density at radius 1 is 1.08 bits per heavy atom. The lowest BCUT2D eigenvalue weighted by Crippen LogP contribution is -2.10. The fraction of sp³-hybridized carbons (Fsp3) is 0.389. The van der Waals surface area contributed by atoms with Crippen molar-refractivity contribution in [2.24, 2.45) is 0 Å². The number of nitrogens with one attached hydrogen (secondary N) is 2. The second-order valence-corrected chi connectivity index (χ2v) is 5.93. The Morgan fingerprint density at radius 3 is 2.75 bits per heavy atom. The molecule has 0 amide bonds. The van der Waals surface area contributed by atoms with E-state index in [1.807, 2.05) is 0 Å². The van der Waals surface area contributed by atoms with Crippen LogP contribution in [-0.4, -0.2) is 21.7 Å². The summed E-state index contributed by atoms with van der Waals surface area (Å²) >= 11 is 0. The molecule has 0 saturated heterocycles. The highest BCUT2D eigenvalue weighted by Gasteiger charge is 2.05. The summed E-state index contributed by atoms with van der Waals surface area (Å²) in [7, 11) is 0. The number of aromatic nitrogens is 3. The molecule has 1 aromatic carbocycles. The molecule has 1 aliphatic rings. The number of halogens is 1. The van der Waals surface area contributed by atoms with Gasteiger partial charge in [-0.25, -0.2) is 4.39 Å². The van der Waals surface area contributed by atoms with Gasteiger partial charge < -0.3 is 10.6 Å². The van der Waals surface area contributed by atoms with Gasteiger partial charge in [0.25, 0.3) is 0 Å². The van der Waals surface area contributed by atoms with Crippen molar-refractivity contribution in [3.8, 4) is 0 Å². The quantitative estimate of drug-likeness (QED) is 0.755. The van der Waals surface area contributed by atoms with Gasteiger partial charge in [-0.05, 0) is 49.8 Å². The number of rotatable bonds is 7. The fourth-order valence-corrected chi connectivity index (χ4v) is 2.73. The molecule has 0 bridgehead atoms. The van der Waals surface area contributed by atoms with E-state index >= 15 is 0 Å². The van der Waals surface area contributed by atoms with Crippen molar-refractivity contribution in [1.29, 1.82) is 0 Å². The van der Waals surface area contributed by atoms with Crippen LogP contribution in [0.2, 0.25) is 0 Å². The minimum absolute atomic E-state index is 0.234. The maximum absolute atomic E-state index is 12.9. The molecule has 0 atom stereocenters. The van der Waals surface area contributed by atoms with Crippen LogP contribution in [0.25, 0.3) is 0 Å². The van der Waals surface area contributed by atoms with E-state index in [2.05, 4.69) is 31.9 Å². The number of hydrogen-bond donors (Lipinski definition) is 2. The predicted octanol–water partition coefficient (Wildman–Crippen LogP) is 3.93. The molecule has 0 unspecified atom stereocenters. The topological polar surface area (TPSA) is 62.7 Å². The van der Waals surface area contributed by atoms with Crippen LogP contribution in [0.1, 0.15) is 37.7 Å². The number of nitrogens with zero attached hydrogens (tertiary/aromatic N) is 3. The smallest absolute Gasteiger partial charge is 0.244 e. The van der Waals surface area contributed by atoms with E-state index in [0.29, 0.717) is 18.3 Å². The lowest BCUT2D eigenvalue weighted by molar-refractivity contribution is 0.627. The van der Waals surface area contributed by atoms with E-state index in [4.69, 9.17) is 0 Å². The predicted molar refractivity (Wildman–Crippen MR) is 93.2 cm³/mol. The number of benzene rings is 1. The normalized spacial score (nSPS) is 14.1. The van der Waals surface area contributed by atoms with Crippen molar-refractivity contribution >= 4 is 11.8 Å². The largest absolute Gasteiger partial charge is 0.365 e. The molecule has 2 N–H and O–H groups in total. The van der Waals surface area contributed by atoms with Gasteiger partial charge in [0.05, 0.1) is 6.20 Å². The van der Waals surface area contributed by atoms with Crippen molar-refractivity contribution in [3.05, 3.63) is 53.5 Å². The third kappa shape index (κ3) is 5.01. The van der Waals surface area contributed by atoms with Crippen molar-refractivity contribution < 1.29 is 4.39 Å². The average Bonchev–Trinajstić information content (AvgIpc) is 2.63. The van der Waals surface area contributed by atoms with Crippen LogP contribution in [0.3, 0.4) is 0 Å². The Hall–Kier alpha value is -2.50. The van der Waals surface area contributed by atoms with Gasteiger partial charge in [0, 0.05) is 13.1 Å². The van der Waals surface area contributed by atoms with E-state index < -0.39 is 0 Å². The molecule has 0 radical (unpaired) electrons. The Bertz CT molecular complexity index is 684. The summed E-state index contributed by atoms with van der Waals surface area (Å²) in [4.78, 5) is 4.40. The number of anilines is 2. The molecule has 0 fully saturated rings. The van der Waals surface area contributed by atoms with Gasteiger partial charge >= 0.3 is 0 Å². The first-order valence-corrected chi connectivity index (χ1v) is 8.39. The van der Waals surface area contributed by atoms with E-state index in [-0.39, 0.29) is 5.82 Å². The van der Waals surface area contributed by atoms with Gasteiger partial charge in [-0.15, -0.1) is 5.10 Å². The van der Waals surface area contributed by atoms with Gasteiger partial charge in [0.2, 0.25) is 5.95 Å². The third-order valence-corrected chi connectivity index (χ3v) is 4.06. The maximum atomic E-state index is 12.9. The molecule has 1 heterocycles. The number of hydrogen-bond acceptors (Lipinski definition) is 5. The molecule has 5 nitrogen and oxygen atoms in total. The molecule has 1 aliphatic carbocycles. The van der Waals surface area contributed by atoms with Crippen LogP contribution in [-0.2, 0) is 6.54 Å². The van der Waals surface area contributed by atoms with Crippen LogP contribution in [0.4, 0.5) is 16.2 Å². The minimum atomic E-state index is -0.234. The van der Waals surface area contributed by atoms with Gasteiger partial charge in [-0.3, -0.25) is 0 Å². The monoisotopic (exact) mass is 327 g/mol. The molecule has 0 saturated carbocycles. The average molecular weight is 327 g/mol. The second-order valence-electron chi connectivity index (χ2n) is 5.93. The Morgan fingerprint density at radius 2 is 1.96 bits per heavy atom. The molecule has 6 heteroatoms. The van der Waals surface area contributed by atoms with Crippen molar-refractivity contribution in [3.63, 3.8) is 0 Å². The van der Waals surface area contributed by atoms with Crippen molar-refractivity contribution in [1.82, 2.24) is 15.2 Å². The lowest BCUT2D eigenvalue weighted by Gasteiger charge is -2.13. The molecule has 2 aromatic rings. The van der Waals surface area contributed by atoms with Gasteiger partial charge in [-0.1, -0.05) is 23.8 Å². The Kier molecular flexibility index (Phi) is 5.71. The molecule has 126 valence electrons. The minimum Gasteiger partial charge on any atom is -0.365 e. The molecule has 0 aliphatic heterocycles. The van der Waals surface area contributed by atoms with Gasteiger partial charge in [-0.2, -0.15) is 10.1 Å². The van der Waals surface area contributed by atoms with E-state index in [0.717, 1.165) is 18.5 Å². The summed E-state index contributed by atoms with van der Waals surface area (Å²) in [6.45, 7) is 1.38. The van der Waals surface area contributed by atoms with E-state index in [9.17, 15) is 4.39 Å². The van der Waals surface area contributed by atoms with Crippen LogP contribution in [0, 0.1) is 5.82 Å². The SMILES string of the molecule is Fc1ccc(CNc2cnnc(NCCC3=CCCCC3)n2)cc1. The summed E-state index contributed by atoms with van der Waals surface area (Å²) in [6.07, 6.45) is 9.98. The molecular weight excluding hydrogens is 305 g/mol. The highest BCUT2D eigenvalue weighted by molar-refractivity contribution is 5.38. The zero-order valence-electron chi connectivity index (χ0n) is 13.6. The van der Waals surface area contributed by atoms with Gasteiger partial charge in [0.15, 0.2) is 5.82 Å². The van der Waals surface area contributed by atoms with E-state index in [1.54, 1.807) is 18.3 Å². The molecular formula is C18H22FN5. The van der Waals surface area contributed by atoms with Crippen LogP contribution < -0.4 is 10.6 Å². The second kappa shape index (κ2) is 8.38. The summed E-state index contributed by atoms with van der Waals surface area (Å²) in [6, 6.07) is 6.38.